The van der Waals surface area contributed by atoms with Gasteiger partial charge in [-0.1, -0.05) is 50.2 Å². The number of nitrogens with two attached hydrogens (primary N) is 1. The lowest BCUT2D eigenvalue weighted by Crippen LogP contribution is -2.48. The number of hydrogen-bond donors (Lipinski definition) is 1. The molecular formula is C23H29N3O3. The lowest BCUT2D eigenvalue weighted by atomic mass is 10.0. The maximum absolute atomic E-state index is 12.9. The highest BCUT2D eigenvalue weighted by Gasteiger charge is 2.24. The fourth-order valence-electron chi connectivity index (χ4n) is 3.46. The monoisotopic (exact) mass is 395 g/mol. The van der Waals surface area contributed by atoms with Crippen molar-refractivity contribution in [1.29, 1.82) is 0 Å². The lowest BCUT2D eigenvalue weighted by molar-refractivity contribution is -0.119. The predicted octanol–water partition coefficient (Wildman–Crippen LogP) is 2.63. The zero-order valence-electron chi connectivity index (χ0n) is 17.1. The van der Waals surface area contributed by atoms with E-state index in [0.29, 0.717) is 30.3 Å². The van der Waals surface area contributed by atoms with Crippen molar-refractivity contribution in [1.82, 2.24) is 9.80 Å². The Hall–Kier alpha value is -2.86. The van der Waals surface area contributed by atoms with Gasteiger partial charge in [-0.05, 0) is 29.2 Å². The van der Waals surface area contributed by atoms with Gasteiger partial charge in [0.1, 0.15) is 5.75 Å². The van der Waals surface area contributed by atoms with Crippen LogP contribution in [0, 0.1) is 0 Å². The molecule has 1 aliphatic rings. The van der Waals surface area contributed by atoms with Crippen LogP contribution in [0.1, 0.15) is 41.3 Å². The van der Waals surface area contributed by atoms with Gasteiger partial charge in [0.15, 0.2) is 6.61 Å². The van der Waals surface area contributed by atoms with Gasteiger partial charge in [-0.25, -0.2) is 0 Å². The number of amides is 2. The van der Waals surface area contributed by atoms with Gasteiger partial charge in [0.2, 0.25) is 0 Å². The molecule has 0 atom stereocenters. The van der Waals surface area contributed by atoms with Gasteiger partial charge >= 0.3 is 0 Å². The Balaban J connectivity index is 1.56. The van der Waals surface area contributed by atoms with Crippen molar-refractivity contribution in [2.75, 3.05) is 32.8 Å². The van der Waals surface area contributed by atoms with E-state index in [1.54, 1.807) is 24.3 Å². The van der Waals surface area contributed by atoms with E-state index in [1.165, 1.54) is 11.1 Å². The Kier molecular flexibility index (Phi) is 6.88. The Bertz CT molecular complexity index is 841. The van der Waals surface area contributed by atoms with E-state index in [9.17, 15) is 9.59 Å². The molecule has 0 bridgehead atoms. The second-order valence-corrected chi connectivity index (χ2v) is 7.72. The van der Waals surface area contributed by atoms with Crippen LogP contribution in [0.4, 0.5) is 0 Å². The standard InChI is InChI=1S/C23H29N3O3/c1-17(2)19-9-7-18(8-10-19)15-25-11-13-26(14-12-25)23(28)20-5-3-4-6-21(20)29-16-22(24)27/h3-10,17H,11-16H2,1-2H3,(H2,24,27). The second kappa shape index (κ2) is 9.56. The summed E-state index contributed by atoms with van der Waals surface area (Å²) in [5.41, 5.74) is 8.25. The third-order valence-corrected chi connectivity index (χ3v) is 5.20. The number of nitrogens with zero attached hydrogens (tertiary/aromatic N) is 2. The molecule has 1 saturated heterocycles. The molecule has 2 N–H and O–H groups in total. The van der Waals surface area contributed by atoms with Crippen molar-refractivity contribution in [3.63, 3.8) is 0 Å². The third kappa shape index (κ3) is 5.57. The Morgan fingerprint density at radius 1 is 1.00 bits per heavy atom. The summed E-state index contributed by atoms with van der Waals surface area (Å²) in [5, 5.41) is 0. The largest absolute Gasteiger partial charge is 0.483 e. The molecule has 0 aliphatic carbocycles. The van der Waals surface area contributed by atoms with Crippen LogP contribution in [0.5, 0.6) is 5.75 Å². The molecule has 6 heteroatoms. The highest BCUT2D eigenvalue weighted by Crippen LogP contribution is 2.21. The molecule has 29 heavy (non-hydrogen) atoms. The summed E-state index contributed by atoms with van der Waals surface area (Å²) in [4.78, 5) is 28.1. The molecule has 0 spiro atoms. The predicted molar refractivity (Wildman–Crippen MR) is 113 cm³/mol. The van der Waals surface area contributed by atoms with E-state index in [2.05, 4.69) is 43.0 Å². The van der Waals surface area contributed by atoms with Crippen LogP contribution in [0.3, 0.4) is 0 Å². The second-order valence-electron chi connectivity index (χ2n) is 7.72. The number of primary amides is 1. The molecular weight excluding hydrogens is 366 g/mol. The molecule has 154 valence electrons. The Morgan fingerprint density at radius 3 is 2.28 bits per heavy atom. The van der Waals surface area contributed by atoms with Gasteiger partial charge in [-0.15, -0.1) is 0 Å². The highest BCUT2D eigenvalue weighted by atomic mass is 16.5. The summed E-state index contributed by atoms with van der Waals surface area (Å²) >= 11 is 0. The van der Waals surface area contributed by atoms with Crippen LogP contribution in [0.25, 0.3) is 0 Å². The summed E-state index contributed by atoms with van der Waals surface area (Å²) < 4.78 is 5.40. The molecule has 1 heterocycles. The smallest absolute Gasteiger partial charge is 0.257 e. The lowest BCUT2D eigenvalue weighted by Gasteiger charge is -2.35. The van der Waals surface area contributed by atoms with Crippen molar-refractivity contribution >= 4 is 11.8 Å². The zero-order valence-corrected chi connectivity index (χ0v) is 17.1. The first kappa shape index (κ1) is 20.9. The average molecular weight is 396 g/mol. The number of rotatable bonds is 7. The SMILES string of the molecule is CC(C)c1ccc(CN2CCN(C(=O)c3ccccc3OCC(N)=O)CC2)cc1. The van der Waals surface area contributed by atoms with E-state index >= 15 is 0 Å². The van der Waals surface area contributed by atoms with Crippen LogP contribution in [0.2, 0.25) is 0 Å². The van der Waals surface area contributed by atoms with Gasteiger partial charge in [0.25, 0.3) is 11.8 Å². The minimum absolute atomic E-state index is 0.0778. The van der Waals surface area contributed by atoms with Gasteiger partial charge in [-0.3, -0.25) is 14.5 Å². The maximum atomic E-state index is 12.9. The minimum atomic E-state index is -0.567. The first-order valence-corrected chi connectivity index (χ1v) is 10.0. The number of benzene rings is 2. The molecule has 1 aliphatic heterocycles. The first-order chi connectivity index (χ1) is 13.9. The molecule has 3 rings (SSSR count). The fraction of sp³-hybridized carbons (Fsp3) is 0.391. The summed E-state index contributed by atoms with van der Waals surface area (Å²) in [6.07, 6.45) is 0. The van der Waals surface area contributed by atoms with E-state index in [1.807, 2.05) is 4.90 Å². The molecule has 0 saturated carbocycles. The van der Waals surface area contributed by atoms with Crippen molar-refractivity contribution in [3.05, 3.63) is 65.2 Å². The molecule has 0 unspecified atom stereocenters. The summed E-state index contributed by atoms with van der Waals surface area (Å²) in [7, 11) is 0. The summed E-state index contributed by atoms with van der Waals surface area (Å²) in [6, 6.07) is 15.8. The molecule has 2 aromatic carbocycles. The van der Waals surface area contributed by atoms with Crippen LogP contribution >= 0.6 is 0 Å². The number of carbonyl (C=O) groups is 2. The maximum Gasteiger partial charge on any atom is 0.257 e. The highest BCUT2D eigenvalue weighted by molar-refractivity contribution is 5.97. The Morgan fingerprint density at radius 2 is 1.66 bits per heavy atom. The number of carbonyl (C=O) groups excluding carboxylic acids is 2. The molecule has 0 radical (unpaired) electrons. The van der Waals surface area contributed by atoms with Gasteiger partial charge < -0.3 is 15.4 Å². The quantitative estimate of drug-likeness (QED) is 0.782. The van der Waals surface area contributed by atoms with Crippen LogP contribution in [-0.2, 0) is 11.3 Å². The topological polar surface area (TPSA) is 75.9 Å². The number of piperazine rings is 1. The van der Waals surface area contributed by atoms with E-state index in [0.717, 1.165) is 19.6 Å². The number of ether oxygens (including phenoxy) is 1. The van der Waals surface area contributed by atoms with Gasteiger partial charge in [0.05, 0.1) is 5.56 Å². The van der Waals surface area contributed by atoms with Crippen LogP contribution < -0.4 is 10.5 Å². The fourth-order valence-corrected chi connectivity index (χ4v) is 3.46. The van der Waals surface area contributed by atoms with Gasteiger partial charge in [-0.2, -0.15) is 0 Å². The normalized spacial score (nSPS) is 14.8. The van der Waals surface area contributed by atoms with Crippen LogP contribution in [0.15, 0.2) is 48.5 Å². The Labute approximate surface area is 172 Å². The van der Waals surface area contributed by atoms with Crippen molar-refractivity contribution in [2.45, 2.75) is 26.3 Å². The van der Waals surface area contributed by atoms with E-state index in [4.69, 9.17) is 10.5 Å². The molecule has 1 fully saturated rings. The van der Waals surface area contributed by atoms with Crippen LogP contribution in [-0.4, -0.2) is 54.4 Å². The molecule has 0 aromatic heterocycles. The van der Waals surface area contributed by atoms with Crippen molar-refractivity contribution in [2.24, 2.45) is 5.73 Å². The first-order valence-electron chi connectivity index (χ1n) is 10.0. The molecule has 2 aromatic rings. The number of para-hydroxylation sites is 1. The van der Waals surface area contributed by atoms with E-state index in [-0.39, 0.29) is 12.5 Å². The molecule has 6 nitrogen and oxygen atoms in total. The van der Waals surface area contributed by atoms with Gasteiger partial charge in [0, 0.05) is 32.7 Å². The van der Waals surface area contributed by atoms with Crippen molar-refractivity contribution < 1.29 is 14.3 Å². The van der Waals surface area contributed by atoms with E-state index < -0.39 is 5.91 Å². The number of hydrogen-bond acceptors (Lipinski definition) is 4. The van der Waals surface area contributed by atoms with Crippen molar-refractivity contribution in [3.8, 4) is 5.75 Å². The average Bonchev–Trinajstić information content (AvgIpc) is 2.73. The molecule has 2 amide bonds. The summed E-state index contributed by atoms with van der Waals surface area (Å²) in [5.74, 6) is 0.283. The zero-order chi connectivity index (χ0) is 20.8. The summed E-state index contributed by atoms with van der Waals surface area (Å²) in [6.45, 7) is 8.00. The minimum Gasteiger partial charge on any atom is -0.483 e. The third-order valence-electron chi connectivity index (χ3n) is 5.20.